The van der Waals surface area contributed by atoms with Crippen molar-refractivity contribution in [1.29, 1.82) is 0 Å². The van der Waals surface area contributed by atoms with Gasteiger partial charge in [0.2, 0.25) is 0 Å². The third-order valence-electron chi connectivity index (χ3n) is 7.52. The van der Waals surface area contributed by atoms with Crippen molar-refractivity contribution in [3.63, 3.8) is 0 Å². The second-order valence-corrected chi connectivity index (χ2v) is 9.81. The minimum Gasteiger partial charge on any atom is -0.377 e. The van der Waals surface area contributed by atoms with Gasteiger partial charge in [-0.3, -0.25) is 5.10 Å². The zero-order valence-electron chi connectivity index (χ0n) is 20.0. The molecule has 3 fully saturated rings. The molecule has 0 saturated carbocycles. The van der Waals surface area contributed by atoms with Crippen molar-refractivity contribution >= 4 is 22.5 Å². The Bertz CT molecular complexity index is 1250. The van der Waals surface area contributed by atoms with Crippen LogP contribution in [0.3, 0.4) is 0 Å². The molecule has 2 bridgehead atoms. The fourth-order valence-corrected chi connectivity index (χ4v) is 5.93. The maximum Gasteiger partial charge on any atom is 0.435 e. The van der Waals surface area contributed by atoms with Gasteiger partial charge in [-0.1, -0.05) is 0 Å². The second kappa shape index (κ2) is 9.08. The summed E-state index contributed by atoms with van der Waals surface area (Å²) >= 11 is 0. The van der Waals surface area contributed by atoms with Crippen LogP contribution in [-0.2, 0) is 15.7 Å². The number of anilines is 2. The van der Waals surface area contributed by atoms with Crippen LogP contribution < -0.4 is 9.80 Å². The molecule has 1 N–H and O–H groups in total. The van der Waals surface area contributed by atoms with Crippen molar-refractivity contribution in [2.24, 2.45) is 0 Å². The Labute approximate surface area is 208 Å². The molecule has 0 amide bonds. The molecule has 37 heavy (non-hydrogen) atoms. The van der Waals surface area contributed by atoms with E-state index >= 15 is 0 Å². The summed E-state index contributed by atoms with van der Waals surface area (Å²) in [5.41, 5.74) is -0.686. The van der Waals surface area contributed by atoms with Crippen molar-refractivity contribution in [3.05, 3.63) is 24.0 Å². The van der Waals surface area contributed by atoms with Crippen molar-refractivity contribution in [3.8, 4) is 5.82 Å². The zero-order chi connectivity index (χ0) is 25.9. The SMILES string of the molecule is C[C@@H]1C[C@@H](OC(F)F)CCN1c1cc(N2C3CCC2COC3)nc2c1c(C(F)(F)F)nn2-c1ccn[nH]1. The van der Waals surface area contributed by atoms with Crippen molar-refractivity contribution in [2.75, 3.05) is 29.6 Å². The number of aromatic nitrogens is 5. The average molecular weight is 527 g/mol. The molecular weight excluding hydrogens is 501 g/mol. The van der Waals surface area contributed by atoms with Crippen LogP contribution in [0.5, 0.6) is 0 Å². The van der Waals surface area contributed by atoms with Crippen molar-refractivity contribution < 1.29 is 31.4 Å². The van der Waals surface area contributed by atoms with Gasteiger partial charge >= 0.3 is 12.8 Å². The first-order chi connectivity index (χ1) is 17.7. The number of pyridine rings is 1. The molecule has 3 aliphatic rings. The third kappa shape index (κ3) is 4.29. The van der Waals surface area contributed by atoms with Crippen LogP contribution in [0.25, 0.3) is 16.9 Å². The number of hydrogen-bond donors (Lipinski definition) is 1. The van der Waals surface area contributed by atoms with Crippen LogP contribution in [0, 0.1) is 0 Å². The van der Waals surface area contributed by atoms with E-state index in [0.29, 0.717) is 24.7 Å². The molecule has 3 aromatic rings. The van der Waals surface area contributed by atoms with Gasteiger partial charge in [-0.2, -0.15) is 36.8 Å². The highest BCUT2D eigenvalue weighted by Crippen LogP contribution is 2.44. The number of rotatable bonds is 5. The van der Waals surface area contributed by atoms with Crippen LogP contribution in [0.2, 0.25) is 0 Å². The van der Waals surface area contributed by atoms with Crippen molar-refractivity contribution in [1.82, 2.24) is 25.0 Å². The Morgan fingerprint density at radius 3 is 2.54 bits per heavy atom. The highest BCUT2D eigenvalue weighted by Gasteiger charge is 2.43. The molecule has 6 heterocycles. The summed E-state index contributed by atoms with van der Waals surface area (Å²) < 4.78 is 80.2. The highest BCUT2D eigenvalue weighted by molar-refractivity contribution is 5.95. The first-order valence-corrected chi connectivity index (χ1v) is 12.3. The summed E-state index contributed by atoms with van der Waals surface area (Å²) in [5, 5.41) is 10.4. The number of halogens is 5. The first kappa shape index (κ1) is 24.3. The quantitative estimate of drug-likeness (QED) is 0.500. The molecule has 0 aliphatic carbocycles. The van der Waals surface area contributed by atoms with Gasteiger partial charge in [-0.05, 0) is 32.6 Å². The maximum absolute atomic E-state index is 14.3. The van der Waals surface area contributed by atoms with E-state index in [4.69, 9.17) is 14.5 Å². The Kier molecular flexibility index (Phi) is 5.97. The molecule has 3 aliphatic heterocycles. The van der Waals surface area contributed by atoms with Crippen LogP contribution in [0.4, 0.5) is 33.5 Å². The van der Waals surface area contributed by atoms with Gasteiger partial charge in [0.15, 0.2) is 17.2 Å². The molecule has 14 heteroatoms. The summed E-state index contributed by atoms with van der Waals surface area (Å²) in [6, 6.07) is 3.01. The molecule has 2 unspecified atom stereocenters. The molecule has 0 radical (unpaired) electrons. The topological polar surface area (TPSA) is 84.3 Å². The number of morpholine rings is 1. The van der Waals surface area contributed by atoms with E-state index in [1.807, 2.05) is 4.90 Å². The number of ether oxygens (including phenoxy) is 2. The lowest BCUT2D eigenvalue weighted by atomic mass is 9.99. The number of hydrogen-bond acceptors (Lipinski definition) is 7. The lowest BCUT2D eigenvalue weighted by molar-refractivity contribution is -0.168. The summed E-state index contributed by atoms with van der Waals surface area (Å²) in [6.45, 7) is 0.194. The Balaban J connectivity index is 1.53. The molecule has 0 aromatic carbocycles. The van der Waals surface area contributed by atoms with Crippen molar-refractivity contribution in [2.45, 2.75) is 69.6 Å². The average Bonchev–Trinajstić information content (AvgIpc) is 3.54. The van der Waals surface area contributed by atoms with E-state index in [9.17, 15) is 22.0 Å². The lowest BCUT2D eigenvalue weighted by Crippen LogP contribution is -2.47. The minimum atomic E-state index is -4.75. The molecule has 9 nitrogen and oxygen atoms in total. The van der Waals surface area contributed by atoms with Crippen LogP contribution in [-0.4, -0.2) is 75.6 Å². The lowest BCUT2D eigenvalue weighted by Gasteiger charge is -2.40. The predicted molar refractivity (Wildman–Crippen MR) is 123 cm³/mol. The van der Waals surface area contributed by atoms with E-state index in [2.05, 4.69) is 20.2 Å². The van der Waals surface area contributed by atoms with Crippen LogP contribution in [0.1, 0.15) is 38.3 Å². The molecule has 3 aromatic heterocycles. The van der Waals surface area contributed by atoms with Gasteiger partial charge < -0.3 is 19.3 Å². The summed E-state index contributed by atoms with van der Waals surface area (Å²) in [5.74, 6) is 0.795. The predicted octanol–water partition coefficient (Wildman–Crippen LogP) is 4.13. The summed E-state index contributed by atoms with van der Waals surface area (Å²) in [6.07, 6.45) is -1.68. The van der Waals surface area contributed by atoms with Gasteiger partial charge in [0.1, 0.15) is 5.82 Å². The molecule has 3 saturated heterocycles. The van der Waals surface area contributed by atoms with Gasteiger partial charge in [0.05, 0.1) is 48.7 Å². The number of nitrogens with one attached hydrogen (secondary N) is 1. The largest absolute Gasteiger partial charge is 0.435 e. The highest BCUT2D eigenvalue weighted by atomic mass is 19.4. The number of nitrogens with zero attached hydrogens (tertiary/aromatic N) is 6. The second-order valence-electron chi connectivity index (χ2n) is 9.81. The third-order valence-corrected chi connectivity index (χ3v) is 7.52. The number of fused-ring (bicyclic) bond motifs is 3. The van der Waals surface area contributed by atoms with Gasteiger partial charge in [-0.25, -0.2) is 4.98 Å². The van der Waals surface area contributed by atoms with Crippen LogP contribution in [0.15, 0.2) is 18.3 Å². The van der Waals surface area contributed by atoms with E-state index in [0.717, 1.165) is 17.5 Å². The van der Waals surface area contributed by atoms with E-state index in [1.165, 1.54) is 12.3 Å². The molecule has 4 atom stereocenters. The maximum atomic E-state index is 14.3. The number of alkyl halides is 5. The summed E-state index contributed by atoms with van der Waals surface area (Å²) in [7, 11) is 0. The smallest absolute Gasteiger partial charge is 0.377 e. The number of aromatic amines is 1. The van der Waals surface area contributed by atoms with Crippen LogP contribution >= 0.6 is 0 Å². The molecule has 0 spiro atoms. The minimum absolute atomic E-state index is 0.0492. The van der Waals surface area contributed by atoms with E-state index in [-0.39, 0.29) is 54.4 Å². The normalized spacial score (nSPS) is 26.6. The van der Waals surface area contributed by atoms with Gasteiger partial charge in [0.25, 0.3) is 0 Å². The van der Waals surface area contributed by atoms with E-state index < -0.39 is 24.6 Å². The molecule has 200 valence electrons. The molecule has 6 rings (SSSR count). The number of piperidine rings is 1. The standard InChI is InChI=1S/C23H26F5N7O2/c1-12-8-15(37-22(24)25)5-7-33(12)16-9-18(34-13-2-3-14(34)11-36-10-13)30-21-19(16)20(23(26,27)28)32-35(21)17-4-6-29-31-17/h4,6,9,12-15,22H,2-3,5,7-8,10-11H2,1H3,(H,29,31)/t12-,13?,14?,15+/m1/s1. The number of H-pyrrole nitrogens is 1. The first-order valence-electron chi connectivity index (χ1n) is 12.3. The summed E-state index contributed by atoms with van der Waals surface area (Å²) in [4.78, 5) is 8.71. The Hall–Kier alpha value is -3.00. The van der Waals surface area contributed by atoms with Gasteiger partial charge in [-0.15, -0.1) is 0 Å². The Morgan fingerprint density at radius 1 is 1.16 bits per heavy atom. The van der Waals surface area contributed by atoms with Gasteiger partial charge in [0, 0.05) is 24.7 Å². The monoisotopic (exact) mass is 527 g/mol. The fourth-order valence-electron chi connectivity index (χ4n) is 5.93. The molecular formula is C23H26F5N7O2. The Morgan fingerprint density at radius 2 is 1.92 bits per heavy atom. The van der Waals surface area contributed by atoms with E-state index in [1.54, 1.807) is 13.0 Å². The zero-order valence-corrected chi connectivity index (χ0v) is 20.0. The fraction of sp³-hybridized carbons (Fsp3) is 0.609.